The lowest BCUT2D eigenvalue weighted by atomic mass is 10.0. The molecule has 1 aromatic carbocycles. The second kappa shape index (κ2) is 4.88. The van der Waals surface area contributed by atoms with E-state index >= 15 is 0 Å². The van der Waals surface area contributed by atoms with E-state index in [0.29, 0.717) is 5.92 Å². The van der Waals surface area contributed by atoms with Crippen LogP contribution in [0, 0.1) is 0 Å². The van der Waals surface area contributed by atoms with Crippen molar-refractivity contribution in [2.75, 3.05) is 0 Å². The van der Waals surface area contributed by atoms with Crippen LogP contribution in [0.5, 0.6) is 0 Å². The average Bonchev–Trinajstić information content (AvgIpc) is 3.02. The first-order valence-corrected chi connectivity index (χ1v) is 6.26. The van der Waals surface area contributed by atoms with E-state index in [0.717, 1.165) is 11.5 Å². The van der Waals surface area contributed by atoms with Gasteiger partial charge in [0.05, 0.1) is 0 Å². The Balaban J connectivity index is 2.12. The van der Waals surface area contributed by atoms with Crippen LogP contribution in [0.15, 0.2) is 53.1 Å². The van der Waals surface area contributed by atoms with E-state index in [-0.39, 0.29) is 0 Å². The molecule has 1 aliphatic carbocycles. The smallest absolute Gasteiger partial charge is 0.0375 e. The molecule has 0 nitrogen and oxygen atoms in total. The van der Waals surface area contributed by atoms with Gasteiger partial charge in [-0.25, -0.2) is 0 Å². The number of hydrogen-bond acceptors (Lipinski definition) is 0. The molecule has 2 rings (SSSR count). The maximum absolute atomic E-state index is 6.04. The van der Waals surface area contributed by atoms with Gasteiger partial charge in [0.1, 0.15) is 0 Å². The van der Waals surface area contributed by atoms with Crippen LogP contribution >= 0.6 is 11.6 Å². The second-order valence-electron chi connectivity index (χ2n) is 4.29. The van der Waals surface area contributed by atoms with Crippen molar-refractivity contribution in [1.82, 2.24) is 0 Å². The molecule has 0 aromatic heterocycles. The van der Waals surface area contributed by atoms with Gasteiger partial charge in [-0.15, -0.1) is 0 Å². The number of hydrogen-bond donors (Lipinski definition) is 0. The third-order valence-corrected chi connectivity index (χ3v) is 3.33. The van der Waals surface area contributed by atoms with Crippen LogP contribution in [0.2, 0.25) is 0 Å². The molecule has 0 N–H and O–H groups in total. The summed E-state index contributed by atoms with van der Waals surface area (Å²) in [5, 5.41) is 0.722. The predicted molar refractivity (Wildman–Crippen MR) is 70.7 cm³/mol. The monoisotopic (exact) mass is 232 g/mol. The highest BCUT2D eigenvalue weighted by atomic mass is 35.5. The van der Waals surface area contributed by atoms with Crippen molar-refractivity contribution in [2.24, 2.45) is 0 Å². The third kappa shape index (κ3) is 2.22. The topological polar surface area (TPSA) is 0 Å². The van der Waals surface area contributed by atoms with E-state index in [2.05, 4.69) is 37.8 Å². The highest BCUT2D eigenvalue weighted by molar-refractivity contribution is 6.32. The lowest BCUT2D eigenvalue weighted by Gasteiger charge is -2.01. The molecule has 1 aliphatic rings. The van der Waals surface area contributed by atoms with E-state index in [4.69, 9.17) is 11.6 Å². The number of rotatable bonds is 5. The van der Waals surface area contributed by atoms with Gasteiger partial charge in [0.25, 0.3) is 0 Å². The van der Waals surface area contributed by atoms with Crippen LogP contribution in [0.3, 0.4) is 0 Å². The van der Waals surface area contributed by atoms with E-state index in [1.807, 2.05) is 6.07 Å². The summed E-state index contributed by atoms with van der Waals surface area (Å²) in [7, 11) is 0. The SMILES string of the molecule is C=C(Cl)C1=C(CCCC)C1c1ccccc1. The summed E-state index contributed by atoms with van der Waals surface area (Å²) in [4.78, 5) is 0. The van der Waals surface area contributed by atoms with Crippen molar-refractivity contribution in [3.63, 3.8) is 0 Å². The fourth-order valence-corrected chi connectivity index (χ4v) is 2.49. The van der Waals surface area contributed by atoms with Crippen LogP contribution in [0.1, 0.15) is 37.7 Å². The van der Waals surface area contributed by atoms with Gasteiger partial charge in [-0.1, -0.05) is 67.4 Å². The van der Waals surface area contributed by atoms with Crippen molar-refractivity contribution >= 4 is 11.6 Å². The van der Waals surface area contributed by atoms with Crippen molar-refractivity contribution in [3.05, 3.63) is 58.7 Å². The molecule has 0 spiro atoms. The number of unbranched alkanes of at least 4 members (excludes halogenated alkanes) is 1. The lowest BCUT2D eigenvalue weighted by Crippen LogP contribution is -1.84. The van der Waals surface area contributed by atoms with Gasteiger partial charge in [-0.05, 0) is 24.0 Å². The Labute approximate surface area is 103 Å². The van der Waals surface area contributed by atoms with E-state index < -0.39 is 0 Å². The van der Waals surface area contributed by atoms with Crippen LogP contribution in [0.25, 0.3) is 0 Å². The molecule has 16 heavy (non-hydrogen) atoms. The fraction of sp³-hybridized carbons (Fsp3) is 0.333. The zero-order valence-electron chi connectivity index (χ0n) is 9.67. The summed E-state index contributed by atoms with van der Waals surface area (Å²) in [6.07, 6.45) is 3.64. The largest absolute Gasteiger partial charge is 0.0847 e. The third-order valence-electron chi connectivity index (χ3n) is 3.12. The fourth-order valence-electron chi connectivity index (χ4n) is 2.26. The average molecular weight is 233 g/mol. The summed E-state index contributed by atoms with van der Waals surface area (Å²) in [6, 6.07) is 10.6. The molecule has 1 unspecified atom stereocenters. The first kappa shape index (κ1) is 11.5. The molecular formula is C15H17Cl. The Bertz CT molecular complexity index is 414. The molecule has 1 aromatic rings. The van der Waals surface area contributed by atoms with Crippen molar-refractivity contribution in [1.29, 1.82) is 0 Å². The molecule has 0 saturated carbocycles. The molecule has 0 fully saturated rings. The molecule has 0 amide bonds. The number of benzene rings is 1. The van der Waals surface area contributed by atoms with E-state index in [1.54, 1.807) is 0 Å². The minimum atomic E-state index is 0.456. The van der Waals surface area contributed by atoms with Crippen LogP contribution in [0.4, 0.5) is 0 Å². The molecule has 0 radical (unpaired) electrons. The van der Waals surface area contributed by atoms with E-state index in [1.165, 1.54) is 29.6 Å². The molecular weight excluding hydrogens is 216 g/mol. The Hall–Kier alpha value is -1.01. The van der Waals surface area contributed by atoms with Gasteiger partial charge >= 0.3 is 0 Å². The molecule has 0 bridgehead atoms. The maximum atomic E-state index is 6.04. The van der Waals surface area contributed by atoms with Gasteiger partial charge in [-0.3, -0.25) is 0 Å². The summed E-state index contributed by atoms with van der Waals surface area (Å²) in [5.41, 5.74) is 4.12. The lowest BCUT2D eigenvalue weighted by molar-refractivity contribution is 0.790. The highest BCUT2D eigenvalue weighted by Crippen LogP contribution is 2.54. The standard InChI is InChI=1S/C15H17Cl/c1-3-4-10-13-14(11(2)16)15(13)12-8-6-5-7-9-12/h5-9,15H,2-4,10H2,1H3. The van der Waals surface area contributed by atoms with Crippen LogP contribution in [-0.2, 0) is 0 Å². The quantitative estimate of drug-likeness (QED) is 0.669. The first-order chi connectivity index (χ1) is 7.75. The Morgan fingerprint density at radius 2 is 2.00 bits per heavy atom. The molecule has 1 atom stereocenters. The molecule has 0 saturated heterocycles. The van der Waals surface area contributed by atoms with Gasteiger partial charge in [0.15, 0.2) is 0 Å². The summed E-state index contributed by atoms with van der Waals surface area (Å²) >= 11 is 6.04. The number of halogens is 1. The summed E-state index contributed by atoms with van der Waals surface area (Å²) in [5.74, 6) is 0.456. The molecule has 0 aliphatic heterocycles. The van der Waals surface area contributed by atoms with Gasteiger partial charge in [0.2, 0.25) is 0 Å². The van der Waals surface area contributed by atoms with Crippen molar-refractivity contribution < 1.29 is 0 Å². The minimum absolute atomic E-state index is 0.456. The second-order valence-corrected chi connectivity index (χ2v) is 4.75. The zero-order chi connectivity index (χ0) is 11.5. The zero-order valence-corrected chi connectivity index (χ0v) is 10.4. The van der Waals surface area contributed by atoms with Crippen molar-refractivity contribution in [2.45, 2.75) is 32.1 Å². The molecule has 84 valence electrons. The summed E-state index contributed by atoms with van der Waals surface area (Å²) < 4.78 is 0. The first-order valence-electron chi connectivity index (χ1n) is 5.88. The van der Waals surface area contributed by atoms with E-state index in [9.17, 15) is 0 Å². The summed E-state index contributed by atoms with van der Waals surface area (Å²) in [6.45, 7) is 6.08. The Kier molecular flexibility index (Phi) is 3.50. The normalized spacial score (nSPS) is 18.8. The molecule has 0 heterocycles. The van der Waals surface area contributed by atoms with Gasteiger partial charge in [-0.2, -0.15) is 0 Å². The van der Waals surface area contributed by atoms with Crippen LogP contribution in [-0.4, -0.2) is 0 Å². The van der Waals surface area contributed by atoms with Gasteiger partial charge in [0, 0.05) is 11.0 Å². The predicted octanol–water partition coefficient (Wildman–Crippen LogP) is 5.02. The minimum Gasteiger partial charge on any atom is -0.0847 e. The maximum Gasteiger partial charge on any atom is 0.0375 e. The molecule has 1 heteroatoms. The van der Waals surface area contributed by atoms with Crippen molar-refractivity contribution in [3.8, 4) is 0 Å². The van der Waals surface area contributed by atoms with Crippen LogP contribution < -0.4 is 0 Å². The Morgan fingerprint density at radius 1 is 1.31 bits per heavy atom. The Morgan fingerprint density at radius 3 is 2.56 bits per heavy atom. The highest BCUT2D eigenvalue weighted by Gasteiger charge is 2.37. The van der Waals surface area contributed by atoms with Gasteiger partial charge < -0.3 is 0 Å². The number of allylic oxidation sites excluding steroid dienone is 3.